The highest BCUT2D eigenvalue weighted by Crippen LogP contribution is 2.13. The van der Waals surface area contributed by atoms with Crippen LogP contribution in [0.2, 0.25) is 0 Å². The van der Waals surface area contributed by atoms with Crippen LogP contribution in [0.15, 0.2) is 24.3 Å². The van der Waals surface area contributed by atoms with E-state index in [1.165, 1.54) is 9.99 Å². The third-order valence-corrected chi connectivity index (χ3v) is 3.23. The molecule has 1 N–H and O–H groups in total. The molecule has 0 amide bonds. The van der Waals surface area contributed by atoms with E-state index in [-0.39, 0.29) is 0 Å². The largest absolute Gasteiger partial charge is 0.494 e. The van der Waals surface area contributed by atoms with Crippen LogP contribution in [0, 0.1) is 3.57 Å². The maximum Gasteiger partial charge on any atom is 0.119 e. The summed E-state index contributed by atoms with van der Waals surface area (Å²) in [6.07, 6.45) is 2.23. The molecule has 1 atom stereocenters. The van der Waals surface area contributed by atoms with Crippen molar-refractivity contribution in [2.45, 2.75) is 32.7 Å². The minimum absolute atomic E-state index is 0.610. The number of benzene rings is 1. The standard InChI is InChI=1S/C13H20INO/c1-3-11(2)15-9-4-10-16-13-7-5-12(14)6-8-13/h5-8,11,15H,3-4,9-10H2,1-2H3/t11-/m0/s1. The SMILES string of the molecule is CC[C@H](C)NCCCOc1ccc(I)cc1. The van der Waals surface area contributed by atoms with E-state index >= 15 is 0 Å². The average molecular weight is 333 g/mol. The molecular formula is C13H20INO. The highest BCUT2D eigenvalue weighted by molar-refractivity contribution is 14.1. The van der Waals surface area contributed by atoms with Crippen LogP contribution in [-0.4, -0.2) is 19.2 Å². The number of rotatable bonds is 7. The fraction of sp³-hybridized carbons (Fsp3) is 0.538. The van der Waals surface area contributed by atoms with Crippen LogP contribution in [0.4, 0.5) is 0 Å². The molecule has 0 spiro atoms. The lowest BCUT2D eigenvalue weighted by molar-refractivity contribution is 0.305. The van der Waals surface area contributed by atoms with Gasteiger partial charge in [0.2, 0.25) is 0 Å². The molecule has 0 aliphatic rings. The summed E-state index contributed by atoms with van der Waals surface area (Å²) in [5, 5.41) is 3.45. The minimum atomic E-state index is 0.610. The predicted molar refractivity (Wildman–Crippen MR) is 77.0 cm³/mol. The molecule has 0 radical (unpaired) electrons. The first kappa shape index (κ1) is 13.8. The Kier molecular flexibility index (Phi) is 6.80. The summed E-state index contributed by atoms with van der Waals surface area (Å²) >= 11 is 2.29. The molecule has 0 unspecified atom stereocenters. The fourth-order valence-corrected chi connectivity index (χ4v) is 1.65. The smallest absolute Gasteiger partial charge is 0.119 e. The zero-order valence-electron chi connectivity index (χ0n) is 10.0. The molecule has 1 rings (SSSR count). The zero-order chi connectivity index (χ0) is 11.8. The molecule has 16 heavy (non-hydrogen) atoms. The van der Waals surface area contributed by atoms with Gasteiger partial charge in [-0.2, -0.15) is 0 Å². The topological polar surface area (TPSA) is 21.3 Å². The van der Waals surface area contributed by atoms with E-state index in [2.05, 4.69) is 53.9 Å². The van der Waals surface area contributed by atoms with Gasteiger partial charge in [-0.3, -0.25) is 0 Å². The van der Waals surface area contributed by atoms with Crippen LogP contribution in [0.3, 0.4) is 0 Å². The number of nitrogens with one attached hydrogen (secondary N) is 1. The average Bonchev–Trinajstić information content (AvgIpc) is 2.31. The van der Waals surface area contributed by atoms with Crippen molar-refractivity contribution in [1.82, 2.24) is 5.32 Å². The van der Waals surface area contributed by atoms with Gasteiger partial charge in [-0.15, -0.1) is 0 Å². The summed E-state index contributed by atoms with van der Waals surface area (Å²) in [5.74, 6) is 0.962. The molecule has 0 fully saturated rings. The highest BCUT2D eigenvalue weighted by Gasteiger charge is 1.97. The summed E-state index contributed by atoms with van der Waals surface area (Å²) in [6, 6.07) is 8.77. The van der Waals surface area contributed by atoms with Crippen molar-refractivity contribution in [2.24, 2.45) is 0 Å². The molecule has 0 aliphatic carbocycles. The second-order valence-electron chi connectivity index (χ2n) is 3.92. The number of halogens is 1. The summed E-state index contributed by atoms with van der Waals surface area (Å²) in [7, 11) is 0. The number of ether oxygens (including phenoxy) is 1. The third-order valence-electron chi connectivity index (χ3n) is 2.51. The van der Waals surface area contributed by atoms with Gasteiger partial charge in [0.1, 0.15) is 5.75 Å². The fourth-order valence-electron chi connectivity index (χ4n) is 1.29. The van der Waals surface area contributed by atoms with Crippen molar-refractivity contribution >= 4 is 22.6 Å². The van der Waals surface area contributed by atoms with Gasteiger partial charge in [-0.05, 0) is 73.2 Å². The first-order valence-corrected chi connectivity index (χ1v) is 6.92. The van der Waals surface area contributed by atoms with Crippen LogP contribution in [0.1, 0.15) is 26.7 Å². The maximum atomic E-state index is 5.63. The first-order chi connectivity index (χ1) is 7.72. The second-order valence-corrected chi connectivity index (χ2v) is 5.16. The van der Waals surface area contributed by atoms with Crippen molar-refractivity contribution in [3.8, 4) is 5.75 Å². The van der Waals surface area contributed by atoms with Gasteiger partial charge in [0, 0.05) is 9.61 Å². The third kappa shape index (κ3) is 5.70. The molecule has 1 aromatic carbocycles. The molecule has 0 aliphatic heterocycles. The van der Waals surface area contributed by atoms with Gasteiger partial charge in [0.25, 0.3) is 0 Å². The molecule has 3 heteroatoms. The molecule has 1 aromatic rings. The molecule has 0 saturated carbocycles. The Morgan fingerprint density at radius 2 is 2.00 bits per heavy atom. The lowest BCUT2D eigenvalue weighted by Crippen LogP contribution is -2.27. The predicted octanol–water partition coefficient (Wildman–Crippen LogP) is 3.45. The van der Waals surface area contributed by atoms with Gasteiger partial charge in [-0.1, -0.05) is 6.92 Å². The first-order valence-electron chi connectivity index (χ1n) is 5.84. The number of hydrogen-bond acceptors (Lipinski definition) is 2. The van der Waals surface area contributed by atoms with E-state index < -0.39 is 0 Å². The van der Waals surface area contributed by atoms with Crippen LogP contribution in [0.5, 0.6) is 5.75 Å². The van der Waals surface area contributed by atoms with Gasteiger partial charge in [-0.25, -0.2) is 0 Å². The molecule has 0 aromatic heterocycles. The Morgan fingerprint density at radius 3 is 2.62 bits per heavy atom. The molecule has 0 bridgehead atoms. The summed E-state index contributed by atoms with van der Waals surface area (Å²) in [6.45, 7) is 6.21. The van der Waals surface area contributed by atoms with E-state index in [0.717, 1.165) is 25.3 Å². The van der Waals surface area contributed by atoms with Crippen LogP contribution < -0.4 is 10.1 Å². The van der Waals surface area contributed by atoms with Gasteiger partial charge < -0.3 is 10.1 Å². The van der Waals surface area contributed by atoms with Crippen molar-refractivity contribution in [3.05, 3.63) is 27.8 Å². The number of hydrogen-bond donors (Lipinski definition) is 1. The Morgan fingerprint density at radius 1 is 1.31 bits per heavy atom. The van der Waals surface area contributed by atoms with Crippen molar-refractivity contribution < 1.29 is 4.74 Å². The van der Waals surface area contributed by atoms with Crippen LogP contribution in [-0.2, 0) is 0 Å². The van der Waals surface area contributed by atoms with Gasteiger partial charge in [0.15, 0.2) is 0 Å². The van der Waals surface area contributed by atoms with Crippen molar-refractivity contribution in [2.75, 3.05) is 13.2 Å². The normalized spacial score (nSPS) is 12.4. The van der Waals surface area contributed by atoms with Crippen LogP contribution in [0.25, 0.3) is 0 Å². The van der Waals surface area contributed by atoms with Gasteiger partial charge in [0.05, 0.1) is 6.61 Å². The van der Waals surface area contributed by atoms with E-state index in [0.29, 0.717) is 6.04 Å². The summed E-state index contributed by atoms with van der Waals surface area (Å²) < 4.78 is 6.87. The minimum Gasteiger partial charge on any atom is -0.494 e. The van der Waals surface area contributed by atoms with Crippen molar-refractivity contribution in [3.63, 3.8) is 0 Å². The lowest BCUT2D eigenvalue weighted by atomic mass is 10.2. The molecule has 90 valence electrons. The lowest BCUT2D eigenvalue weighted by Gasteiger charge is -2.11. The highest BCUT2D eigenvalue weighted by atomic mass is 127. The van der Waals surface area contributed by atoms with Crippen LogP contribution >= 0.6 is 22.6 Å². The summed E-state index contributed by atoms with van der Waals surface area (Å²) in [5.41, 5.74) is 0. The monoisotopic (exact) mass is 333 g/mol. The quantitative estimate of drug-likeness (QED) is 0.610. The van der Waals surface area contributed by atoms with Gasteiger partial charge >= 0.3 is 0 Å². The molecule has 0 heterocycles. The Labute approximate surface area is 112 Å². The second kappa shape index (κ2) is 7.90. The summed E-state index contributed by atoms with van der Waals surface area (Å²) in [4.78, 5) is 0. The molecular weight excluding hydrogens is 313 g/mol. The van der Waals surface area contributed by atoms with E-state index in [4.69, 9.17) is 4.74 Å². The van der Waals surface area contributed by atoms with E-state index in [9.17, 15) is 0 Å². The molecule has 2 nitrogen and oxygen atoms in total. The Hall–Kier alpha value is -0.290. The maximum absolute atomic E-state index is 5.63. The van der Waals surface area contributed by atoms with Crippen molar-refractivity contribution in [1.29, 1.82) is 0 Å². The molecule has 0 saturated heterocycles. The Bertz CT molecular complexity index is 286. The van der Waals surface area contributed by atoms with E-state index in [1.54, 1.807) is 0 Å². The Balaban J connectivity index is 2.09. The zero-order valence-corrected chi connectivity index (χ0v) is 12.2. The van der Waals surface area contributed by atoms with E-state index in [1.807, 2.05) is 12.1 Å².